The lowest BCUT2D eigenvalue weighted by molar-refractivity contribution is 0.0944. The van der Waals surface area contributed by atoms with Crippen molar-refractivity contribution in [2.45, 2.75) is 26.3 Å². The summed E-state index contributed by atoms with van der Waals surface area (Å²) in [6.45, 7) is 4.43. The zero-order valence-corrected chi connectivity index (χ0v) is 14.2. The quantitative estimate of drug-likeness (QED) is 0.792. The maximum atomic E-state index is 12.2. The molecule has 0 spiro atoms. The van der Waals surface area contributed by atoms with Crippen LogP contribution in [0, 0.1) is 12.8 Å². The van der Waals surface area contributed by atoms with Gasteiger partial charge in [-0.3, -0.25) is 4.79 Å². The summed E-state index contributed by atoms with van der Waals surface area (Å²) < 4.78 is 0. The lowest BCUT2D eigenvalue weighted by Gasteiger charge is -2.22. The Kier molecular flexibility index (Phi) is 4.86. The van der Waals surface area contributed by atoms with E-state index in [0.717, 1.165) is 17.7 Å². The molecule has 2 aromatic rings. The molecule has 0 bridgehead atoms. The van der Waals surface area contributed by atoms with Crippen molar-refractivity contribution in [2.75, 3.05) is 18.5 Å². The van der Waals surface area contributed by atoms with Crippen LogP contribution in [0.15, 0.2) is 42.5 Å². The van der Waals surface area contributed by atoms with Gasteiger partial charge >= 0.3 is 0 Å². The number of carbonyl (C=O) groups is 1. The highest BCUT2D eigenvalue weighted by Crippen LogP contribution is 2.38. The Bertz CT molecular complexity index is 742. The molecule has 2 unspecified atom stereocenters. The van der Waals surface area contributed by atoms with Crippen LogP contribution < -0.4 is 10.6 Å². The average Bonchev–Trinajstić information content (AvgIpc) is 2.90. The Balaban J connectivity index is 1.85. The second-order valence-corrected chi connectivity index (χ2v) is 6.46. The van der Waals surface area contributed by atoms with Crippen molar-refractivity contribution in [1.29, 1.82) is 0 Å². The van der Waals surface area contributed by atoms with Gasteiger partial charge < -0.3 is 15.7 Å². The van der Waals surface area contributed by atoms with Gasteiger partial charge in [0.15, 0.2) is 0 Å². The molecule has 24 heavy (non-hydrogen) atoms. The number of aliphatic hydroxyl groups excluding tert-OH is 1. The summed E-state index contributed by atoms with van der Waals surface area (Å²) in [5.74, 6) is 0.360. The maximum absolute atomic E-state index is 12.2. The van der Waals surface area contributed by atoms with Crippen LogP contribution in [0.25, 0.3) is 0 Å². The van der Waals surface area contributed by atoms with E-state index < -0.39 is 0 Å². The third-order valence-corrected chi connectivity index (χ3v) is 4.79. The van der Waals surface area contributed by atoms with Crippen molar-refractivity contribution < 1.29 is 9.90 Å². The van der Waals surface area contributed by atoms with Crippen LogP contribution in [0.3, 0.4) is 0 Å². The van der Waals surface area contributed by atoms with Gasteiger partial charge in [0, 0.05) is 17.8 Å². The van der Waals surface area contributed by atoms with Crippen LogP contribution in [0.4, 0.5) is 5.69 Å². The van der Waals surface area contributed by atoms with Gasteiger partial charge in [-0.05, 0) is 48.1 Å². The fourth-order valence-electron chi connectivity index (χ4n) is 3.48. The van der Waals surface area contributed by atoms with E-state index in [1.807, 2.05) is 25.1 Å². The standard InChI is InChI=1S/C20H24N2O2/c1-13-12-15-6-3-4-7-17(15)19(13)22-18-9-5-8-16(14(18)2)20(24)21-10-11-23/h3-9,13,19,22-23H,10-12H2,1-2H3,(H,21,24). The highest BCUT2D eigenvalue weighted by atomic mass is 16.3. The molecule has 0 aliphatic heterocycles. The Hall–Kier alpha value is -2.33. The Morgan fingerprint density at radius 3 is 2.79 bits per heavy atom. The Morgan fingerprint density at radius 2 is 2.00 bits per heavy atom. The molecule has 0 saturated carbocycles. The van der Waals surface area contributed by atoms with Gasteiger partial charge in [0.25, 0.3) is 5.91 Å². The molecule has 3 N–H and O–H groups in total. The van der Waals surface area contributed by atoms with Crippen molar-refractivity contribution in [3.05, 3.63) is 64.7 Å². The van der Waals surface area contributed by atoms with Crippen LogP contribution >= 0.6 is 0 Å². The lowest BCUT2D eigenvalue weighted by atomic mass is 10.00. The summed E-state index contributed by atoms with van der Waals surface area (Å²) in [6, 6.07) is 14.5. The summed E-state index contributed by atoms with van der Waals surface area (Å²) >= 11 is 0. The first-order valence-corrected chi connectivity index (χ1v) is 8.45. The van der Waals surface area contributed by atoms with Crippen LogP contribution in [-0.2, 0) is 6.42 Å². The number of rotatable bonds is 5. The van der Waals surface area contributed by atoms with Gasteiger partial charge in [0.1, 0.15) is 0 Å². The largest absolute Gasteiger partial charge is 0.395 e. The molecule has 0 heterocycles. The highest BCUT2D eigenvalue weighted by molar-refractivity contribution is 5.97. The predicted molar refractivity (Wildman–Crippen MR) is 96.3 cm³/mol. The van der Waals surface area contributed by atoms with Gasteiger partial charge in [-0.2, -0.15) is 0 Å². The molecule has 0 fully saturated rings. The van der Waals surface area contributed by atoms with Crippen LogP contribution in [0.2, 0.25) is 0 Å². The zero-order valence-electron chi connectivity index (χ0n) is 14.2. The smallest absolute Gasteiger partial charge is 0.251 e. The summed E-state index contributed by atoms with van der Waals surface area (Å²) in [4.78, 5) is 12.2. The average molecular weight is 324 g/mol. The van der Waals surface area contributed by atoms with E-state index in [4.69, 9.17) is 5.11 Å². The zero-order chi connectivity index (χ0) is 17.1. The second kappa shape index (κ2) is 7.05. The number of aliphatic hydroxyl groups is 1. The minimum atomic E-state index is -0.148. The highest BCUT2D eigenvalue weighted by Gasteiger charge is 2.29. The molecule has 0 radical (unpaired) electrons. The number of nitrogens with one attached hydrogen (secondary N) is 2. The molecule has 0 aromatic heterocycles. The van der Waals surface area contributed by atoms with Crippen molar-refractivity contribution in [3.63, 3.8) is 0 Å². The number of hydrogen-bond acceptors (Lipinski definition) is 3. The van der Waals surface area contributed by atoms with E-state index in [2.05, 4.69) is 41.8 Å². The van der Waals surface area contributed by atoms with Gasteiger partial charge in [0.05, 0.1) is 12.6 Å². The number of amides is 1. The number of anilines is 1. The topological polar surface area (TPSA) is 61.4 Å². The van der Waals surface area contributed by atoms with Crippen molar-refractivity contribution in [1.82, 2.24) is 5.32 Å². The minimum Gasteiger partial charge on any atom is -0.395 e. The maximum Gasteiger partial charge on any atom is 0.251 e. The summed E-state index contributed by atoms with van der Waals surface area (Å²) in [5, 5.41) is 15.2. The summed E-state index contributed by atoms with van der Waals surface area (Å²) in [7, 11) is 0. The molecule has 0 saturated heterocycles. The van der Waals surface area contributed by atoms with Crippen LogP contribution in [0.1, 0.15) is 40.0 Å². The molecule has 2 aromatic carbocycles. The fraction of sp³-hybridized carbons (Fsp3) is 0.350. The van der Waals surface area contributed by atoms with E-state index in [0.29, 0.717) is 11.5 Å². The van der Waals surface area contributed by atoms with Gasteiger partial charge in [-0.15, -0.1) is 0 Å². The summed E-state index contributed by atoms with van der Waals surface area (Å²) in [5.41, 5.74) is 5.31. The van der Waals surface area contributed by atoms with Gasteiger partial charge in [0.2, 0.25) is 0 Å². The van der Waals surface area contributed by atoms with E-state index in [1.165, 1.54) is 11.1 Å². The first-order valence-electron chi connectivity index (χ1n) is 8.45. The van der Waals surface area contributed by atoms with Crippen molar-refractivity contribution in [2.24, 2.45) is 5.92 Å². The van der Waals surface area contributed by atoms with Crippen LogP contribution in [-0.4, -0.2) is 24.2 Å². The van der Waals surface area contributed by atoms with E-state index in [1.54, 1.807) is 0 Å². The third-order valence-electron chi connectivity index (χ3n) is 4.79. The number of hydrogen-bond donors (Lipinski definition) is 3. The minimum absolute atomic E-state index is 0.0564. The predicted octanol–water partition coefficient (Wildman–Crippen LogP) is 3.06. The fourth-order valence-corrected chi connectivity index (χ4v) is 3.48. The monoisotopic (exact) mass is 324 g/mol. The third kappa shape index (κ3) is 3.15. The number of fused-ring (bicyclic) bond motifs is 1. The van der Waals surface area contributed by atoms with E-state index >= 15 is 0 Å². The molecular weight excluding hydrogens is 300 g/mol. The summed E-state index contributed by atoms with van der Waals surface area (Å²) in [6.07, 6.45) is 1.07. The normalized spacial score (nSPS) is 19.0. The molecule has 2 atom stereocenters. The van der Waals surface area contributed by atoms with Gasteiger partial charge in [-0.25, -0.2) is 0 Å². The first kappa shape index (κ1) is 16.5. The SMILES string of the molecule is Cc1c(NC2c3ccccc3CC2C)cccc1C(=O)NCCO. The van der Waals surface area contributed by atoms with Crippen molar-refractivity contribution in [3.8, 4) is 0 Å². The Morgan fingerprint density at radius 1 is 1.21 bits per heavy atom. The lowest BCUT2D eigenvalue weighted by Crippen LogP contribution is -2.27. The van der Waals surface area contributed by atoms with Crippen molar-refractivity contribution >= 4 is 11.6 Å². The molecule has 1 aliphatic carbocycles. The molecule has 1 amide bonds. The van der Waals surface area contributed by atoms with E-state index in [9.17, 15) is 4.79 Å². The molecule has 4 nitrogen and oxygen atoms in total. The van der Waals surface area contributed by atoms with Crippen LogP contribution in [0.5, 0.6) is 0 Å². The molecule has 3 rings (SSSR count). The molecule has 1 aliphatic rings. The number of benzene rings is 2. The first-order chi connectivity index (χ1) is 11.6. The van der Waals surface area contributed by atoms with E-state index in [-0.39, 0.29) is 25.1 Å². The molecular formula is C20H24N2O2. The Labute approximate surface area is 142 Å². The van der Waals surface area contributed by atoms with Gasteiger partial charge in [-0.1, -0.05) is 37.3 Å². The molecule has 126 valence electrons. The molecule has 4 heteroatoms. The number of carbonyl (C=O) groups excluding carboxylic acids is 1. The second-order valence-electron chi connectivity index (χ2n) is 6.46.